The number of fused-ring (bicyclic) bond motifs is 1. The van der Waals surface area contributed by atoms with Crippen molar-refractivity contribution in [2.45, 2.75) is 45.3 Å². The van der Waals surface area contributed by atoms with Crippen molar-refractivity contribution in [2.75, 3.05) is 12.4 Å². The predicted molar refractivity (Wildman–Crippen MR) is 122 cm³/mol. The van der Waals surface area contributed by atoms with Crippen molar-refractivity contribution in [3.05, 3.63) is 69.9 Å². The van der Waals surface area contributed by atoms with Crippen LogP contribution in [0.5, 0.6) is 0 Å². The number of rotatable bonds is 8. The van der Waals surface area contributed by atoms with Crippen LogP contribution in [0.3, 0.4) is 0 Å². The molecule has 0 bridgehead atoms. The first-order chi connectivity index (χ1) is 14.9. The lowest BCUT2D eigenvalue weighted by molar-refractivity contribution is -0.120. The zero-order valence-corrected chi connectivity index (χ0v) is 18.6. The van der Waals surface area contributed by atoms with Gasteiger partial charge in [-0.15, -0.1) is 11.3 Å². The minimum atomic E-state index is -0.471. The van der Waals surface area contributed by atoms with E-state index in [1.807, 2.05) is 54.1 Å². The molecule has 7 nitrogen and oxygen atoms in total. The van der Waals surface area contributed by atoms with Gasteiger partial charge in [-0.3, -0.25) is 19.2 Å². The van der Waals surface area contributed by atoms with Gasteiger partial charge in [0.15, 0.2) is 0 Å². The number of thiophene rings is 1. The average Bonchev–Trinajstić information content (AvgIpc) is 3.44. The SMILES string of the molecule is C[C@H](C(=O)Nc1sc2c(c1C(N)=O)CCC2)N(C)Cc1cnn(Cc2ccccc2)c1. The van der Waals surface area contributed by atoms with Crippen molar-refractivity contribution >= 4 is 28.2 Å². The van der Waals surface area contributed by atoms with E-state index < -0.39 is 5.91 Å². The molecule has 2 aromatic heterocycles. The Morgan fingerprint density at radius 3 is 2.77 bits per heavy atom. The Balaban J connectivity index is 1.38. The molecule has 8 heteroatoms. The molecule has 0 spiro atoms. The lowest BCUT2D eigenvalue weighted by Gasteiger charge is -2.23. The fourth-order valence-electron chi connectivity index (χ4n) is 3.94. The Kier molecular flexibility index (Phi) is 6.20. The van der Waals surface area contributed by atoms with Gasteiger partial charge in [-0.25, -0.2) is 0 Å². The number of carbonyl (C=O) groups excluding carboxylic acids is 2. The first kappa shape index (κ1) is 21.3. The number of benzene rings is 1. The van der Waals surface area contributed by atoms with E-state index in [2.05, 4.69) is 22.5 Å². The maximum atomic E-state index is 12.9. The zero-order chi connectivity index (χ0) is 22.0. The molecule has 2 amide bonds. The summed E-state index contributed by atoms with van der Waals surface area (Å²) in [5, 5.41) is 7.96. The molecule has 1 aromatic carbocycles. The minimum Gasteiger partial charge on any atom is -0.365 e. The summed E-state index contributed by atoms with van der Waals surface area (Å²) in [5.74, 6) is -0.622. The molecule has 1 aliphatic carbocycles. The molecule has 1 atom stereocenters. The van der Waals surface area contributed by atoms with Gasteiger partial charge in [-0.1, -0.05) is 30.3 Å². The highest BCUT2D eigenvalue weighted by Gasteiger charge is 2.28. The minimum absolute atomic E-state index is 0.151. The quantitative estimate of drug-likeness (QED) is 0.566. The largest absolute Gasteiger partial charge is 0.365 e. The molecule has 0 aliphatic heterocycles. The zero-order valence-electron chi connectivity index (χ0n) is 17.8. The topological polar surface area (TPSA) is 93.2 Å². The number of anilines is 1. The predicted octanol–water partition coefficient (Wildman–Crippen LogP) is 3.04. The second kappa shape index (κ2) is 9.03. The number of aromatic nitrogens is 2. The molecular formula is C23H27N5O2S. The van der Waals surface area contributed by atoms with E-state index in [1.165, 1.54) is 16.9 Å². The summed E-state index contributed by atoms with van der Waals surface area (Å²) in [4.78, 5) is 28.0. The molecule has 0 unspecified atom stereocenters. The Labute approximate surface area is 185 Å². The van der Waals surface area contributed by atoms with Gasteiger partial charge < -0.3 is 11.1 Å². The Morgan fingerprint density at radius 1 is 1.26 bits per heavy atom. The highest BCUT2D eigenvalue weighted by molar-refractivity contribution is 7.17. The van der Waals surface area contributed by atoms with Crippen LogP contribution in [0.25, 0.3) is 0 Å². The van der Waals surface area contributed by atoms with Gasteiger partial charge in [0.05, 0.1) is 24.3 Å². The van der Waals surface area contributed by atoms with Crippen LogP contribution in [0, 0.1) is 0 Å². The van der Waals surface area contributed by atoms with Crippen LogP contribution in [0.2, 0.25) is 0 Å². The van der Waals surface area contributed by atoms with Crippen LogP contribution in [0.1, 0.15) is 45.3 Å². The molecule has 0 saturated heterocycles. The molecule has 4 rings (SSSR count). The van der Waals surface area contributed by atoms with Crippen molar-refractivity contribution < 1.29 is 9.59 Å². The summed E-state index contributed by atoms with van der Waals surface area (Å²) >= 11 is 1.48. The summed E-state index contributed by atoms with van der Waals surface area (Å²) in [6.45, 7) is 3.15. The van der Waals surface area contributed by atoms with Gasteiger partial charge in [0.25, 0.3) is 5.91 Å². The van der Waals surface area contributed by atoms with Crippen LogP contribution in [0.4, 0.5) is 5.00 Å². The van der Waals surface area contributed by atoms with Crippen molar-refractivity contribution in [1.29, 1.82) is 0 Å². The highest BCUT2D eigenvalue weighted by atomic mass is 32.1. The van der Waals surface area contributed by atoms with Gasteiger partial charge in [-0.05, 0) is 44.4 Å². The number of hydrogen-bond acceptors (Lipinski definition) is 5. The van der Waals surface area contributed by atoms with Crippen molar-refractivity contribution in [3.63, 3.8) is 0 Å². The lowest BCUT2D eigenvalue weighted by Crippen LogP contribution is -2.39. The Hall–Kier alpha value is -2.97. The summed E-state index contributed by atoms with van der Waals surface area (Å²) in [6, 6.07) is 9.78. The lowest BCUT2D eigenvalue weighted by atomic mass is 10.1. The van der Waals surface area contributed by atoms with Gasteiger partial charge in [0.1, 0.15) is 5.00 Å². The molecule has 162 valence electrons. The van der Waals surface area contributed by atoms with E-state index >= 15 is 0 Å². The van der Waals surface area contributed by atoms with Crippen LogP contribution in [-0.4, -0.2) is 39.6 Å². The number of likely N-dealkylation sites (N-methyl/N-ethyl adjacent to an activating group) is 1. The summed E-state index contributed by atoms with van der Waals surface area (Å²) in [7, 11) is 1.90. The molecular weight excluding hydrogens is 410 g/mol. The van der Waals surface area contributed by atoms with Gasteiger partial charge in [-0.2, -0.15) is 5.10 Å². The van der Waals surface area contributed by atoms with Crippen LogP contribution in [-0.2, 0) is 30.7 Å². The van der Waals surface area contributed by atoms with Gasteiger partial charge in [0, 0.05) is 23.2 Å². The highest BCUT2D eigenvalue weighted by Crippen LogP contribution is 2.38. The molecule has 1 aliphatic rings. The number of nitrogens with two attached hydrogens (primary N) is 1. The van der Waals surface area contributed by atoms with Crippen LogP contribution >= 0.6 is 11.3 Å². The smallest absolute Gasteiger partial charge is 0.251 e. The van der Waals surface area contributed by atoms with Crippen molar-refractivity contribution in [3.8, 4) is 0 Å². The van der Waals surface area contributed by atoms with E-state index in [-0.39, 0.29) is 11.9 Å². The summed E-state index contributed by atoms with van der Waals surface area (Å²) < 4.78 is 1.90. The Morgan fingerprint density at radius 2 is 2.03 bits per heavy atom. The fourth-order valence-corrected chi connectivity index (χ4v) is 5.24. The van der Waals surface area contributed by atoms with E-state index in [1.54, 1.807) is 0 Å². The van der Waals surface area contributed by atoms with E-state index in [0.717, 1.165) is 35.3 Å². The number of nitrogens with one attached hydrogen (secondary N) is 1. The number of nitrogens with zero attached hydrogens (tertiary/aromatic N) is 3. The second-order valence-corrected chi connectivity index (χ2v) is 9.14. The number of aryl methyl sites for hydroxylation is 1. The fraction of sp³-hybridized carbons (Fsp3) is 0.348. The van der Waals surface area contributed by atoms with Crippen molar-refractivity contribution in [2.24, 2.45) is 5.73 Å². The molecule has 0 radical (unpaired) electrons. The number of hydrogen-bond donors (Lipinski definition) is 2. The first-order valence-electron chi connectivity index (χ1n) is 10.4. The molecule has 31 heavy (non-hydrogen) atoms. The van der Waals surface area contributed by atoms with E-state index in [4.69, 9.17) is 5.73 Å². The Bertz CT molecular complexity index is 1090. The van der Waals surface area contributed by atoms with Crippen LogP contribution in [0.15, 0.2) is 42.7 Å². The molecule has 3 N–H and O–H groups in total. The van der Waals surface area contributed by atoms with Crippen molar-refractivity contribution in [1.82, 2.24) is 14.7 Å². The first-order valence-corrected chi connectivity index (χ1v) is 11.2. The van der Waals surface area contributed by atoms with E-state index in [0.29, 0.717) is 23.7 Å². The number of primary amides is 1. The summed E-state index contributed by atoms with van der Waals surface area (Å²) in [5.41, 5.74) is 9.32. The maximum Gasteiger partial charge on any atom is 0.251 e. The maximum absolute atomic E-state index is 12.9. The molecule has 3 aromatic rings. The van der Waals surface area contributed by atoms with E-state index in [9.17, 15) is 9.59 Å². The number of carbonyl (C=O) groups is 2. The van der Waals surface area contributed by atoms with Crippen LogP contribution < -0.4 is 11.1 Å². The third-order valence-corrected chi connectivity index (χ3v) is 6.96. The average molecular weight is 438 g/mol. The normalized spacial score (nSPS) is 13.9. The molecule has 0 saturated carbocycles. The number of amides is 2. The van der Waals surface area contributed by atoms with Gasteiger partial charge in [0.2, 0.25) is 5.91 Å². The third-order valence-electron chi connectivity index (χ3n) is 5.75. The second-order valence-electron chi connectivity index (χ2n) is 8.04. The third kappa shape index (κ3) is 4.70. The summed E-state index contributed by atoms with van der Waals surface area (Å²) in [6.07, 6.45) is 6.66. The standard InChI is InChI=1S/C23H27N5O2S/c1-15(22(30)26-23-20(21(24)29)18-9-6-10-19(18)31-23)27(2)12-17-11-25-28(14-17)13-16-7-4-3-5-8-16/h3-5,7-8,11,14-15H,6,9-10,12-13H2,1-2H3,(H2,24,29)(H,26,30)/t15-/m1/s1. The molecule has 0 fully saturated rings. The van der Waals surface area contributed by atoms with Gasteiger partial charge >= 0.3 is 0 Å². The monoisotopic (exact) mass is 437 g/mol. The molecule has 2 heterocycles.